The van der Waals surface area contributed by atoms with Crippen molar-refractivity contribution in [1.29, 1.82) is 0 Å². The van der Waals surface area contributed by atoms with Gasteiger partial charge in [0.25, 0.3) is 0 Å². The lowest BCUT2D eigenvalue weighted by Gasteiger charge is -2.33. The molecule has 1 saturated heterocycles. The molecule has 4 rings (SSSR count). The van der Waals surface area contributed by atoms with Crippen molar-refractivity contribution >= 4 is 17.3 Å². The summed E-state index contributed by atoms with van der Waals surface area (Å²) in [5.41, 5.74) is 2.46. The molecule has 5 nitrogen and oxygen atoms in total. The molecule has 0 aromatic heterocycles. The number of aromatic carboxylic acids is 1. The van der Waals surface area contributed by atoms with Crippen LogP contribution in [0.3, 0.4) is 0 Å². The fourth-order valence-corrected chi connectivity index (χ4v) is 5.15. The van der Waals surface area contributed by atoms with Crippen LogP contribution in [0.25, 0.3) is 0 Å². The minimum absolute atomic E-state index is 0.0866. The lowest BCUT2D eigenvalue weighted by Crippen LogP contribution is -2.34. The molecule has 1 heterocycles. The SMILES string of the molecule is CNc1ccc(C(=O)O)c(C23CNCC2C3)c1NC1CCC(C(F)(F)F)CC1. The highest BCUT2D eigenvalue weighted by molar-refractivity contribution is 5.95. The van der Waals surface area contributed by atoms with Crippen LogP contribution in [0.4, 0.5) is 24.5 Å². The Morgan fingerprint density at radius 3 is 2.46 bits per heavy atom. The monoisotopic (exact) mass is 397 g/mol. The number of alkyl halides is 3. The van der Waals surface area contributed by atoms with Gasteiger partial charge in [-0.15, -0.1) is 0 Å². The summed E-state index contributed by atoms with van der Waals surface area (Å²) in [7, 11) is 1.78. The third kappa shape index (κ3) is 3.21. The molecule has 0 spiro atoms. The van der Waals surface area contributed by atoms with Crippen molar-refractivity contribution in [3.05, 3.63) is 23.3 Å². The van der Waals surface area contributed by atoms with Gasteiger partial charge in [0.1, 0.15) is 0 Å². The van der Waals surface area contributed by atoms with Gasteiger partial charge in [0.05, 0.1) is 22.9 Å². The van der Waals surface area contributed by atoms with E-state index < -0.39 is 18.1 Å². The molecule has 154 valence electrons. The highest BCUT2D eigenvalue weighted by Crippen LogP contribution is 2.60. The van der Waals surface area contributed by atoms with Gasteiger partial charge in [-0.3, -0.25) is 0 Å². The number of benzene rings is 1. The van der Waals surface area contributed by atoms with E-state index in [1.807, 2.05) is 0 Å². The average Bonchev–Trinajstić information content (AvgIpc) is 3.21. The Morgan fingerprint density at radius 2 is 1.96 bits per heavy atom. The maximum absolute atomic E-state index is 13.0. The first kappa shape index (κ1) is 19.4. The van der Waals surface area contributed by atoms with Gasteiger partial charge in [-0.1, -0.05) is 0 Å². The fourth-order valence-electron chi connectivity index (χ4n) is 5.15. The number of rotatable bonds is 5. The maximum atomic E-state index is 13.0. The first-order valence-electron chi connectivity index (χ1n) is 9.89. The van der Waals surface area contributed by atoms with Crippen LogP contribution in [-0.4, -0.2) is 43.4 Å². The Kier molecular flexibility index (Phi) is 4.72. The summed E-state index contributed by atoms with van der Waals surface area (Å²) >= 11 is 0. The van der Waals surface area contributed by atoms with Crippen molar-refractivity contribution in [3.63, 3.8) is 0 Å². The smallest absolute Gasteiger partial charge is 0.391 e. The Hall–Kier alpha value is -1.96. The number of fused-ring (bicyclic) bond motifs is 1. The Morgan fingerprint density at radius 1 is 1.25 bits per heavy atom. The van der Waals surface area contributed by atoms with Crippen LogP contribution in [0, 0.1) is 11.8 Å². The second kappa shape index (κ2) is 6.83. The van der Waals surface area contributed by atoms with Crippen LogP contribution in [0.15, 0.2) is 12.1 Å². The summed E-state index contributed by atoms with van der Waals surface area (Å²) in [6.45, 7) is 1.61. The zero-order valence-corrected chi connectivity index (χ0v) is 15.8. The zero-order chi connectivity index (χ0) is 20.1. The molecule has 2 unspecified atom stereocenters. The lowest BCUT2D eigenvalue weighted by molar-refractivity contribution is -0.182. The van der Waals surface area contributed by atoms with Crippen LogP contribution in [0.1, 0.15) is 48.0 Å². The second-order valence-electron chi connectivity index (χ2n) is 8.39. The van der Waals surface area contributed by atoms with E-state index in [1.54, 1.807) is 19.2 Å². The summed E-state index contributed by atoms with van der Waals surface area (Å²) in [4.78, 5) is 11.9. The maximum Gasteiger partial charge on any atom is 0.391 e. The molecule has 3 aliphatic rings. The van der Waals surface area contributed by atoms with Crippen molar-refractivity contribution in [3.8, 4) is 0 Å². The van der Waals surface area contributed by atoms with Gasteiger partial charge in [0, 0.05) is 25.0 Å². The summed E-state index contributed by atoms with van der Waals surface area (Å²) in [5, 5.41) is 19.7. The molecular formula is C20H26F3N3O2. The second-order valence-corrected chi connectivity index (χ2v) is 8.39. The first-order valence-corrected chi connectivity index (χ1v) is 9.89. The van der Waals surface area contributed by atoms with E-state index in [0.717, 1.165) is 36.4 Å². The molecule has 0 radical (unpaired) electrons. The van der Waals surface area contributed by atoms with Gasteiger partial charge in [-0.05, 0) is 62.3 Å². The number of hydrogen-bond donors (Lipinski definition) is 4. The molecule has 28 heavy (non-hydrogen) atoms. The number of hydrogen-bond acceptors (Lipinski definition) is 4. The summed E-state index contributed by atoms with van der Waals surface area (Å²) in [6, 6.07) is 3.29. The summed E-state index contributed by atoms with van der Waals surface area (Å²) in [6.07, 6.45) is -2.11. The van der Waals surface area contributed by atoms with Gasteiger partial charge < -0.3 is 21.1 Å². The normalized spacial score (nSPS) is 31.9. The van der Waals surface area contributed by atoms with Gasteiger partial charge >= 0.3 is 12.1 Å². The highest BCUT2D eigenvalue weighted by Gasteiger charge is 2.60. The summed E-state index contributed by atoms with van der Waals surface area (Å²) in [5.74, 6) is -1.78. The van der Waals surface area contributed by atoms with Crippen molar-refractivity contribution in [2.75, 3.05) is 30.8 Å². The minimum Gasteiger partial charge on any atom is -0.478 e. The number of carbonyl (C=O) groups is 1. The largest absolute Gasteiger partial charge is 0.478 e. The molecule has 2 atom stereocenters. The standard InChI is InChI=1S/C20H26F3N3O2/c1-24-15-7-6-14(18(27)28)16(19-8-12(19)9-25-10-19)17(15)26-13-4-2-11(3-5-13)20(21,22)23/h6-7,11-13,24-26H,2-5,8-10H2,1H3,(H,27,28). The molecule has 2 saturated carbocycles. The van der Waals surface area contributed by atoms with Crippen molar-refractivity contribution in [1.82, 2.24) is 5.32 Å². The summed E-state index contributed by atoms with van der Waals surface area (Å²) < 4.78 is 38.9. The van der Waals surface area contributed by atoms with E-state index in [1.165, 1.54) is 0 Å². The number of anilines is 2. The molecule has 8 heteroatoms. The van der Waals surface area contributed by atoms with Crippen LogP contribution in [0.5, 0.6) is 0 Å². The van der Waals surface area contributed by atoms with E-state index in [4.69, 9.17) is 0 Å². The predicted octanol–water partition coefficient (Wildman–Crippen LogP) is 3.82. The molecule has 0 amide bonds. The zero-order valence-electron chi connectivity index (χ0n) is 15.8. The molecule has 0 bridgehead atoms. The Labute approximate surface area is 162 Å². The third-order valence-corrected chi connectivity index (χ3v) is 6.80. The number of halogens is 3. The molecule has 4 N–H and O–H groups in total. The highest BCUT2D eigenvalue weighted by atomic mass is 19.4. The van der Waals surface area contributed by atoms with Crippen LogP contribution >= 0.6 is 0 Å². The molecular weight excluding hydrogens is 371 g/mol. The van der Waals surface area contributed by atoms with Gasteiger partial charge in [0.2, 0.25) is 0 Å². The van der Waals surface area contributed by atoms with Crippen LogP contribution in [0.2, 0.25) is 0 Å². The van der Waals surface area contributed by atoms with E-state index in [9.17, 15) is 23.1 Å². The molecule has 1 aromatic carbocycles. The Balaban J connectivity index is 1.65. The van der Waals surface area contributed by atoms with Crippen LogP contribution < -0.4 is 16.0 Å². The Bertz CT molecular complexity index is 775. The molecule has 3 fully saturated rings. The van der Waals surface area contributed by atoms with Gasteiger partial charge in [-0.2, -0.15) is 13.2 Å². The van der Waals surface area contributed by atoms with E-state index in [0.29, 0.717) is 18.8 Å². The molecule has 2 aliphatic carbocycles. The number of carboxylic acids is 1. The number of carboxylic acid groups (broad SMARTS) is 1. The topological polar surface area (TPSA) is 73.4 Å². The predicted molar refractivity (Wildman–Crippen MR) is 101 cm³/mol. The number of nitrogens with one attached hydrogen (secondary N) is 3. The van der Waals surface area contributed by atoms with E-state index >= 15 is 0 Å². The van der Waals surface area contributed by atoms with Gasteiger partial charge in [-0.25, -0.2) is 4.79 Å². The minimum atomic E-state index is -4.13. The van der Waals surface area contributed by atoms with Gasteiger partial charge in [0.15, 0.2) is 0 Å². The molecule has 1 aromatic rings. The fraction of sp³-hybridized carbons (Fsp3) is 0.650. The third-order valence-electron chi connectivity index (χ3n) is 6.80. The lowest BCUT2D eigenvalue weighted by atomic mass is 9.84. The average molecular weight is 397 g/mol. The van der Waals surface area contributed by atoms with E-state index in [-0.39, 0.29) is 29.9 Å². The van der Waals surface area contributed by atoms with Crippen molar-refractivity contribution in [2.45, 2.75) is 49.7 Å². The van der Waals surface area contributed by atoms with Crippen LogP contribution in [-0.2, 0) is 5.41 Å². The van der Waals surface area contributed by atoms with Crippen molar-refractivity contribution in [2.24, 2.45) is 11.8 Å². The number of piperidine rings is 1. The quantitative estimate of drug-likeness (QED) is 0.608. The molecule has 1 aliphatic heterocycles. The van der Waals surface area contributed by atoms with Crippen molar-refractivity contribution < 1.29 is 23.1 Å². The van der Waals surface area contributed by atoms with E-state index in [2.05, 4.69) is 16.0 Å². The first-order chi connectivity index (χ1) is 13.3.